The van der Waals surface area contributed by atoms with Gasteiger partial charge in [0, 0.05) is 37.8 Å². The van der Waals surface area contributed by atoms with E-state index in [1.54, 1.807) is 11.3 Å². The number of halogens is 1. The number of carbonyl (C=O) groups is 1. The lowest BCUT2D eigenvalue weighted by atomic mass is 10.4. The molecule has 0 saturated heterocycles. The van der Waals surface area contributed by atoms with E-state index in [4.69, 9.17) is 0 Å². The maximum absolute atomic E-state index is 12.2. The number of aromatic nitrogens is 1. The van der Waals surface area contributed by atoms with Gasteiger partial charge in [-0.2, -0.15) is 0 Å². The van der Waals surface area contributed by atoms with Crippen LogP contribution in [-0.4, -0.2) is 59.9 Å². The summed E-state index contributed by atoms with van der Waals surface area (Å²) in [5, 5.41) is 4.20. The predicted molar refractivity (Wildman–Crippen MR) is 108 cm³/mol. The molecule has 0 fully saturated rings. The van der Waals surface area contributed by atoms with E-state index in [2.05, 4.69) is 15.3 Å². The van der Waals surface area contributed by atoms with E-state index in [9.17, 15) is 4.79 Å². The summed E-state index contributed by atoms with van der Waals surface area (Å²) >= 11 is 1.65. The van der Waals surface area contributed by atoms with Crippen molar-refractivity contribution >= 4 is 47.2 Å². The Kier molecular flexibility index (Phi) is 11.2. The molecular weight excluding hydrogens is 425 g/mol. The molecule has 1 rings (SSSR count). The van der Waals surface area contributed by atoms with Crippen LogP contribution in [0.3, 0.4) is 0 Å². The van der Waals surface area contributed by atoms with Gasteiger partial charge in [-0.1, -0.05) is 0 Å². The van der Waals surface area contributed by atoms with Crippen LogP contribution in [0.1, 0.15) is 30.7 Å². The first-order valence-corrected chi connectivity index (χ1v) is 8.51. The van der Waals surface area contributed by atoms with Crippen LogP contribution >= 0.6 is 35.3 Å². The Balaban J connectivity index is 0.00000484. The number of guanidine groups is 1. The third-order valence-electron chi connectivity index (χ3n) is 3.22. The minimum Gasteiger partial charge on any atom is -0.357 e. The van der Waals surface area contributed by atoms with Crippen molar-refractivity contribution in [2.75, 3.05) is 33.2 Å². The molecule has 0 radical (unpaired) electrons. The van der Waals surface area contributed by atoms with Crippen LogP contribution in [0.4, 0.5) is 0 Å². The molecule has 1 heterocycles. The number of hydrogen-bond donors (Lipinski definition) is 1. The van der Waals surface area contributed by atoms with Crippen molar-refractivity contribution in [2.45, 2.75) is 34.2 Å². The van der Waals surface area contributed by atoms with Crippen molar-refractivity contribution in [2.24, 2.45) is 4.99 Å². The molecule has 0 aliphatic rings. The molecule has 1 aromatic heterocycles. The van der Waals surface area contributed by atoms with Gasteiger partial charge in [-0.3, -0.25) is 4.79 Å². The Morgan fingerprint density at radius 3 is 2.48 bits per heavy atom. The first-order chi connectivity index (χ1) is 10.5. The van der Waals surface area contributed by atoms with Crippen LogP contribution in [-0.2, 0) is 11.3 Å². The zero-order chi connectivity index (χ0) is 16.5. The lowest BCUT2D eigenvalue weighted by Crippen LogP contribution is -2.45. The number of aryl methyl sites for hydroxylation is 1. The molecule has 0 bridgehead atoms. The first kappa shape index (κ1) is 22.1. The van der Waals surface area contributed by atoms with Gasteiger partial charge in [0.15, 0.2) is 5.96 Å². The molecule has 1 N–H and O–H groups in total. The third kappa shape index (κ3) is 7.47. The highest BCUT2D eigenvalue weighted by atomic mass is 127. The first-order valence-electron chi connectivity index (χ1n) is 7.70. The molecule has 0 aliphatic heterocycles. The van der Waals surface area contributed by atoms with Crippen LogP contribution in [0.25, 0.3) is 0 Å². The highest BCUT2D eigenvalue weighted by molar-refractivity contribution is 14.0. The van der Waals surface area contributed by atoms with Crippen LogP contribution in [0, 0.1) is 6.92 Å². The molecule has 0 spiro atoms. The van der Waals surface area contributed by atoms with Crippen molar-refractivity contribution in [3.63, 3.8) is 0 Å². The van der Waals surface area contributed by atoms with E-state index in [0.717, 1.165) is 30.6 Å². The lowest BCUT2D eigenvalue weighted by molar-refractivity contribution is -0.131. The molecule has 0 unspecified atom stereocenters. The van der Waals surface area contributed by atoms with Gasteiger partial charge in [0.2, 0.25) is 5.91 Å². The Hall–Kier alpha value is -0.900. The summed E-state index contributed by atoms with van der Waals surface area (Å²) in [7, 11) is 1.88. The highest BCUT2D eigenvalue weighted by Crippen LogP contribution is 2.12. The molecule has 6 nitrogen and oxygen atoms in total. The van der Waals surface area contributed by atoms with Crippen molar-refractivity contribution in [1.82, 2.24) is 20.1 Å². The second kappa shape index (κ2) is 11.6. The van der Waals surface area contributed by atoms with Gasteiger partial charge >= 0.3 is 0 Å². The van der Waals surface area contributed by atoms with Gasteiger partial charge in [0.1, 0.15) is 5.01 Å². The van der Waals surface area contributed by atoms with Crippen LogP contribution < -0.4 is 5.32 Å². The van der Waals surface area contributed by atoms with Crippen LogP contribution in [0.15, 0.2) is 11.2 Å². The zero-order valence-corrected chi connectivity index (χ0v) is 17.8. The summed E-state index contributed by atoms with van der Waals surface area (Å²) in [5.74, 6) is 0.846. The van der Waals surface area contributed by atoms with E-state index in [1.165, 1.54) is 4.88 Å². The predicted octanol–water partition coefficient (Wildman–Crippen LogP) is 2.34. The van der Waals surface area contributed by atoms with Crippen molar-refractivity contribution in [3.05, 3.63) is 16.1 Å². The average Bonchev–Trinajstić information content (AvgIpc) is 2.90. The van der Waals surface area contributed by atoms with E-state index in [-0.39, 0.29) is 29.9 Å². The van der Waals surface area contributed by atoms with E-state index < -0.39 is 0 Å². The monoisotopic (exact) mass is 453 g/mol. The molecule has 0 aromatic carbocycles. The lowest BCUT2D eigenvalue weighted by Gasteiger charge is -2.25. The fourth-order valence-corrected chi connectivity index (χ4v) is 2.75. The Morgan fingerprint density at radius 1 is 1.35 bits per heavy atom. The van der Waals surface area contributed by atoms with Gasteiger partial charge in [-0.15, -0.1) is 35.3 Å². The topological polar surface area (TPSA) is 60.8 Å². The minimum absolute atomic E-state index is 0. The summed E-state index contributed by atoms with van der Waals surface area (Å²) in [4.78, 5) is 25.9. The quantitative estimate of drug-likeness (QED) is 0.391. The fraction of sp³-hybridized carbons (Fsp3) is 0.667. The van der Waals surface area contributed by atoms with Crippen molar-refractivity contribution in [3.8, 4) is 0 Å². The summed E-state index contributed by atoms with van der Waals surface area (Å²) < 4.78 is 0. The summed E-state index contributed by atoms with van der Waals surface area (Å²) in [5.41, 5.74) is 0. The molecule has 0 atom stereocenters. The highest BCUT2D eigenvalue weighted by Gasteiger charge is 2.15. The van der Waals surface area contributed by atoms with Crippen LogP contribution in [0.5, 0.6) is 0 Å². The minimum atomic E-state index is 0. The maximum Gasteiger partial charge on any atom is 0.242 e. The number of aliphatic imine (C=N–C) groups is 1. The van der Waals surface area contributed by atoms with E-state index in [0.29, 0.717) is 13.1 Å². The van der Waals surface area contributed by atoms with Gasteiger partial charge in [0.05, 0.1) is 13.1 Å². The molecular formula is C15H28IN5OS. The number of hydrogen-bond acceptors (Lipinski definition) is 4. The fourth-order valence-electron chi connectivity index (χ4n) is 2.04. The summed E-state index contributed by atoms with van der Waals surface area (Å²) in [6, 6.07) is 0. The smallest absolute Gasteiger partial charge is 0.242 e. The van der Waals surface area contributed by atoms with E-state index >= 15 is 0 Å². The number of amides is 1. The number of thiazole rings is 1. The van der Waals surface area contributed by atoms with Crippen LogP contribution in [0.2, 0.25) is 0 Å². The second-order valence-electron chi connectivity index (χ2n) is 4.96. The van der Waals surface area contributed by atoms with Gasteiger partial charge in [0.25, 0.3) is 0 Å². The Bertz CT molecular complexity index is 502. The molecule has 132 valence electrons. The molecule has 1 amide bonds. The molecule has 1 aromatic rings. The summed E-state index contributed by atoms with van der Waals surface area (Å²) in [6.07, 6.45) is 1.86. The molecule has 8 heteroatoms. The largest absolute Gasteiger partial charge is 0.357 e. The van der Waals surface area contributed by atoms with Gasteiger partial charge in [-0.05, 0) is 27.7 Å². The number of likely N-dealkylation sites (N-methyl/N-ethyl adjacent to an activating group) is 2. The van der Waals surface area contributed by atoms with Gasteiger partial charge in [-0.25, -0.2) is 9.98 Å². The SMILES string of the molecule is CCNC(=NCc1ncc(C)s1)N(C)CC(=O)N(CC)CC.I. The molecule has 23 heavy (non-hydrogen) atoms. The van der Waals surface area contributed by atoms with E-state index in [1.807, 2.05) is 50.7 Å². The second-order valence-corrected chi connectivity index (χ2v) is 6.28. The number of nitrogens with zero attached hydrogens (tertiary/aromatic N) is 4. The zero-order valence-electron chi connectivity index (χ0n) is 14.6. The maximum atomic E-state index is 12.2. The number of rotatable bonds is 7. The number of nitrogens with one attached hydrogen (secondary N) is 1. The van der Waals surface area contributed by atoms with Crippen molar-refractivity contribution < 1.29 is 4.79 Å². The Morgan fingerprint density at radius 2 is 2.00 bits per heavy atom. The third-order valence-corrected chi connectivity index (χ3v) is 4.12. The van der Waals surface area contributed by atoms with Crippen molar-refractivity contribution in [1.29, 1.82) is 0 Å². The Labute approximate surface area is 160 Å². The van der Waals surface area contributed by atoms with Gasteiger partial charge < -0.3 is 15.1 Å². The molecule has 0 aliphatic carbocycles. The number of carbonyl (C=O) groups excluding carboxylic acids is 1. The standard InChI is InChI=1S/C15H27N5OS.HI/c1-6-16-15(18-10-13-17-9-12(4)22-13)19(5)11-14(21)20(7-2)8-3;/h9H,6-8,10-11H2,1-5H3,(H,16,18);1H. The normalized spacial score (nSPS) is 10.9. The summed E-state index contributed by atoms with van der Waals surface area (Å²) in [6.45, 7) is 11.1. The average molecular weight is 453 g/mol. The molecule has 0 saturated carbocycles.